The van der Waals surface area contributed by atoms with Crippen LogP contribution in [0.2, 0.25) is 0 Å². The molecule has 0 unspecified atom stereocenters. The van der Waals surface area contributed by atoms with Crippen molar-refractivity contribution in [2.75, 3.05) is 12.8 Å². The highest BCUT2D eigenvalue weighted by molar-refractivity contribution is 5.96. The van der Waals surface area contributed by atoms with Gasteiger partial charge in [0.2, 0.25) is 5.95 Å². The van der Waals surface area contributed by atoms with Crippen molar-refractivity contribution in [2.24, 2.45) is 0 Å². The maximum Gasteiger partial charge on any atom is 0.254 e. The monoisotopic (exact) mass is 208 g/mol. The summed E-state index contributed by atoms with van der Waals surface area (Å²) in [5, 5.41) is 2.58. The van der Waals surface area contributed by atoms with E-state index in [-0.39, 0.29) is 11.9 Å². The smallest absolute Gasteiger partial charge is 0.254 e. The van der Waals surface area contributed by atoms with Crippen LogP contribution in [0.1, 0.15) is 35.1 Å². The van der Waals surface area contributed by atoms with Gasteiger partial charge in [0.05, 0.1) is 17.0 Å². The number of amides is 1. The molecule has 1 heterocycles. The first kappa shape index (κ1) is 11.4. The molecular formula is C10H16N4O. The van der Waals surface area contributed by atoms with Crippen molar-refractivity contribution in [1.82, 2.24) is 15.3 Å². The number of rotatable bonds is 3. The van der Waals surface area contributed by atoms with Gasteiger partial charge in [0.1, 0.15) is 0 Å². The summed E-state index contributed by atoms with van der Waals surface area (Å²) >= 11 is 0. The number of hydrogen-bond acceptors (Lipinski definition) is 4. The van der Waals surface area contributed by atoms with Crippen LogP contribution in [0.5, 0.6) is 0 Å². The van der Waals surface area contributed by atoms with E-state index >= 15 is 0 Å². The number of carbonyl (C=O) groups excluding carboxylic acids is 1. The number of carbonyl (C=O) groups is 1. The van der Waals surface area contributed by atoms with Crippen molar-refractivity contribution in [2.45, 2.75) is 26.7 Å². The van der Waals surface area contributed by atoms with Gasteiger partial charge >= 0.3 is 0 Å². The van der Waals surface area contributed by atoms with E-state index in [4.69, 9.17) is 5.73 Å². The van der Waals surface area contributed by atoms with Gasteiger partial charge < -0.3 is 11.1 Å². The van der Waals surface area contributed by atoms with Crippen LogP contribution < -0.4 is 11.1 Å². The Hall–Kier alpha value is -1.65. The Labute approximate surface area is 89.1 Å². The molecule has 1 amide bonds. The van der Waals surface area contributed by atoms with E-state index < -0.39 is 0 Å². The normalized spacial score (nSPS) is 10.1. The van der Waals surface area contributed by atoms with E-state index in [1.807, 2.05) is 6.92 Å². The zero-order valence-electron chi connectivity index (χ0n) is 9.29. The lowest BCUT2D eigenvalue weighted by Crippen LogP contribution is -2.23. The first-order valence-corrected chi connectivity index (χ1v) is 4.95. The zero-order chi connectivity index (χ0) is 11.4. The molecule has 0 atom stereocenters. The van der Waals surface area contributed by atoms with Crippen LogP contribution in [0, 0.1) is 6.92 Å². The van der Waals surface area contributed by atoms with Crippen LogP contribution in [-0.2, 0) is 6.42 Å². The molecule has 0 bridgehead atoms. The maximum absolute atomic E-state index is 11.6. The Morgan fingerprint density at radius 2 is 2.13 bits per heavy atom. The summed E-state index contributed by atoms with van der Waals surface area (Å²) in [6.07, 6.45) is 1.65. The van der Waals surface area contributed by atoms with Gasteiger partial charge in [0.25, 0.3) is 5.91 Å². The molecule has 1 rings (SSSR count). The van der Waals surface area contributed by atoms with E-state index in [0.717, 1.165) is 18.5 Å². The Bertz CT molecular complexity index is 376. The van der Waals surface area contributed by atoms with Gasteiger partial charge in [-0.15, -0.1) is 0 Å². The quantitative estimate of drug-likeness (QED) is 0.765. The molecule has 0 aliphatic carbocycles. The lowest BCUT2D eigenvalue weighted by Gasteiger charge is -2.09. The fraction of sp³-hybridized carbons (Fsp3) is 0.500. The third-order valence-corrected chi connectivity index (χ3v) is 2.12. The molecule has 1 aromatic rings. The van der Waals surface area contributed by atoms with Crippen LogP contribution in [0.3, 0.4) is 0 Å². The van der Waals surface area contributed by atoms with Gasteiger partial charge in [-0.05, 0) is 13.3 Å². The highest BCUT2D eigenvalue weighted by atomic mass is 16.1. The summed E-state index contributed by atoms with van der Waals surface area (Å²) in [4.78, 5) is 19.7. The number of nitrogens with two attached hydrogens (primary N) is 1. The van der Waals surface area contributed by atoms with Crippen LogP contribution in [-0.4, -0.2) is 22.9 Å². The topological polar surface area (TPSA) is 80.9 Å². The van der Waals surface area contributed by atoms with E-state index in [0.29, 0.717) is 11.3 Å². The molecule has 1 aromatic heterocycles. The van der Waals surface area contributed by atoms with Gasteiger partial charge in [-0.1, -0.05) is 13.3 Å². The summed E-state index contributed by atoms with van der Waals surface area (Å²) in [5.41, 5.74) is 7.45. The summed E-state index contributed by atoms with van der Waals surface area (Å²) in [6, 6.07) is 0. The Kier molecular flexibility index (Phi) is 3.60. The third-order valence-electron chi connectivity index (χ3n) is 2.12. The van der Waals surface area contributed by atoms with E-state index in [9.17, 15) is 4.79 Å². The lowest BCUT2D eigenvalue weighted by atomic mass is 10.1. The van der Waals surface area contributed by atoms with Crippen molar-refractivity contribution in [1.29, 1.82) is 0 Å². The predicted octanol–water partition coefficient (Wildman–Crippen LogP) is 0.679. The van der Waals surface area contributed by atoms with Crippen molar-refractivity contribution >= 4 is 11.9 Å². The highest BCUT2D eigenvalue weighted by Gasteiger charge is 2.15. The van der Waals surface area contributed by atoms with Gasteiger partial charge in [-0.3, -0.25) is 4.79 Å². The average molecular weight is 208 g/mol. The Balaban J connectivity index is 3.26. The van der Waals surface area contributed by atoms with E-state index in [2.05, 4.69) is 15.3 Å². The second-order valence-corrected chi connectivity index (χ2v) is 3.32. The second-order valence-electron chi connectivity index (χ2n) is 3.32. The molecule has 82 valence electrons. The maximum atomic E-state index is 11.6. The summed E-state index contributed by atoms with van der Waals surface area (Å²) < 4.78 is 0. The molecule has 0 saturated heterocycles. The summed E-state index contributed by atoms with van der Waals surface area (Å²) in [6.45, 7) is 3.79. The first-order chi connectivity index (χ1) is 7.10. The minimum atomic E-state index is -0.157. The van der Waals surface area contributed by atoms with Gasteiger partial charge in [0, 0.05) is 7.05 Å². The molecule has 0 aliphatic heterocycles. The number of aryl methyl sites for hydroxylation is 2. The minimum absolute atomic E-state index is 0.157. The number of hydrogen-bond donors (Lipinski definition) is 2. The number of nitrogens with one attached hydrogen (secondary N) is 1. The van der Waals surface area contributed by atoms with Crippen molar-refractivity contribution in [3.63, 3.8) is 0 Å². The lowest BCUT2D eigenvalue weighted by molar-refractivity contribution is 0.0960. The van der Waals surface area contributed by atoms with Crippen LogP contribution in [0.25, 0.3) is 0 Å². The summed E-state index contributed by atoms with van der Waals surface area (Å²) in [5.74, 6) is 0.0690. The van der Waals surface area contributed by atoms with Crippen molar-refractivity contribution in [3.05, 3.63) is 17.0 Å². The molecule has 0 spiro atoms. The van der Waals surface area contributed by atoms with Gasteiger partial charge in [0.15, 0.2) is 0 Å². The SMILES string of the molecule is CCCc1nc(N)nc(C)c1C(=O)NC. The van der Waals surface area contributed by atoms with E-state index in [1.54, 1.807) is 14.0 Å². The number of anilines is 1. The highest BCUT2D eigenvalue weighted by Crippen LogP contribution is 2.13. The molecule has 5 nitrogen and oxygen atoms in total. The van der Waals surface area contributed by atoms with Crippen molar-refractivity contribution in [3.8, 4) is 0 Å². The van der Waals surface area contributed by atoms with Crippen LogP contribution >= 0.6 is 0 Å². The standard InChI is InChI=1S/C10H16N4O/c1-4-5-7-8(9(15)12-3)6(2)13-10(11)14-7/h4-5H2,1-3H3,(H,12,15)(H2,11,13,14). The molecule has 15 heavy (non-hydrogen) atoms. The fourth-order valence-corrected chi connectivity index (χ4v) is 1.49. The second kappa shape index (κ2) is 4.72. The molecule has 0 aromatic carbocycles. The van der Waals surface area contributed by atoms with Crippen LogP contribution in [0.15, 0.2) is 0 Å². The molecular weight excluding hydrogens is 192 g/mol. The molecule has 0 saturated carbocycles. The third kappa shape index (κ3) is 2.43. The number of nitrogen functional groups attached to an aromatic ring is 1. The minimum Gasteiger partial charge on any atom is -0.368 e. The molecule has 0 fully saturated rings. The fourth-order valence-electron chi connectivity index (χ4n) is 1.49. The molecule has 0 aliphatic rings. The summed E-state index contributed by atoms with van der Waals surface area (Å²) in [7, 11) is 1.59. The van der Waals surface area contributed by atoms with Gasteiger partial charge in [-0.25, -0.2) is 9.97 Å². The largest absolute Gasteiger partial charge is 0.368 e. The average Bonchev–Trinajstić information content (AvgIpc) is 2.16. The van der Waals surface area contributed by atoms with Crippen molar-refractivity contribution < 1.29 is 4.79 Å². The Morgan fingerprint density at radius 3 is 2.67 bits per heavy atom. The van der Waals surface area contributed by atoms with Crippen LogP contribution in [0.4, 0.5) is 5.95 Å². The number of nitrogens with zero attached hydrogens (tertiary/aromatic N) is 2. The first-order valence-electron chi connectivity index (χ1n) is 4.95. The van der Waals surface area contributed by atoms with E-state index in [1.165, 1.54) is 0 Å². The Morgan fingerprint density at radius 1 is 1.47 bits per heavy atom. The molecule has 5 heteroatoms. The molecule has 3 N–H and O–H groups in total. The number of aromatic nitrogens is 2. The zero-order valence-corrected chi connectivity index (χ0v) is 9.29. The van der Waals surface area contributed by atoms with Gasteiger partial charge in [-0.2, -0.15) is 0 Å². The predicted molar refractivity (Wildman–Crippen MR) is 58.6 cm³/mol. The molecule has 0 radical (unpaired) electrons.